The fourth-order valence-corrected chi connectivity index (χ4v) is 3.03. The van der Waals surface area contributed by atoms with E-state index in [1.807, 2.05) is 0 Å². The molecule has 7 heteroatoms. The Morgan fingerprint density at radius 3 is 2.58 bits per heavy atom. The predicted molar refractivity (Wildman–Crippen MR) is 75.0 cm³/mol. The number of primary sulfonamides is 1. The Morgan fingerprint density at radius 2 is 2.11 bits per heavy atom. The van der Waals surface area contributed by atoms with Crippen molar-refractivity contribution >= 4 is 27.8 Å². The van der Waals surface area contributed by atoms with Crippen molar-refractivity contribution in [1.29, 1.82) is 0 Å². The average Bonchev–Trinajstić information content (AvgIpc) is 2.34. The van der Waals surface area contributed by atoms with Crippen LogP contribution in [0.5, 0.6) is 0 Å². The number of hydrogen-bond donors (Lipinski definition) is 2. The number of carboxylic acids is 1. The fourth-order valence-electron chi connectivity index (χ4n) is 1.33. The third kappa shape index (κ3) is 4.52. The number of rotatable bonds is 6. The predicted octanol–water partition coefficient (Wildman–Crippen LogP) is 2.17. The van der Waals surface area contributed by atoms with E-state index in [1.165, 1.54) is 23.9 Å². The van der Waals surface area contributed by atoms with E-state index in [9.17, 15) is 13.2 Å². The van der Waals surface area contributed by atoms with Crippen molar-refractivity contribution in [3.05, 3.63) is 23.8 Å². The van der Waals surface area contributed by atoms with Gasteiger partial charge in [-0.1, -0.05) is 20.3 Å². The summed E-state index contributed by atoms with van der Waals surface area (Å²) in [6.07, 6.45) is 1.00. The molecule has 0 aliphatic heterocycles. The van der Waals surface area contributed by atoms with Crippen molar-refractivity contribution in [1.82, 2.24) is 0 Å². The monoisotopic (exact) mass is 303 g/mol. The topological polar surface area (TPSA) is 97.5 Å². The molecule has 0 aliphatic rings. The highest BCUT2D eigenvalue weighted by molar-refractivity contribution is 7.99. The summed E-state index contributed by atoms with van der Waals surface area (Å²) in [4.78, 5) is 11.5. The van der Waals surface area contributed by atoms with Crippen molar-refractivity contribution < 1.29 is 18.3 Å². The average molecular weight is 303 g/mol. The molecule has 19 heavy (non-hydrogen) atoms. The lowest BCUT2D eigenvalue weighted by atomic mass is 10.2. The molecular weight excluding hydrogens is 286 g/mol. The molecule has 0 saturated carbocycles. The van der Waals surface area contributed by atoms with Gasteiger partial charge in [0.05, 0.1) is 10.5 Å². The third-order valence-electron chi connectivity index (χ3n) is 2.73. The van der Waals surface area contributed by atoms with Gasteiger partial charge < -0.3 is 5.11 Å². The van der Waals surface area contributed by atoms with Crippen LogP contribution in [0, 0.1) is 5.92 Å². The molecule has 1 aromatic carbocycles. The summed E-state index contributed by atoms with van der Waals surface area (Å²) in [7, 11) is -3.88. The van der Waals surface area contributed by atoms with Crippen LogP contribution in [0.25, 0.3) is 0 Å². The maximum atomic E-state index is 11.2. The zero-order valence-electron chi connectivity index (χ0n) is 10.8. The van der Waals surface area contributed by atoms with Gasteiger partial charge in [-0.25, -0.2) is 18.4 Å². The number of aromatic carboxylic acids is 1. The van der Waals surface area contributed by atoms with Gasteiger partial charge in [0.2, 0.25) is 10.0 Å². The van der Waals surface area contributed by atoms with Crippen LogP contribution in [-0.4, -0.2) is 25.2 Å². The number of sulfonamides is 1. The van der Waals surface area contributed by atoms with Crippen molar-refractivity contribution in [2.24, 2.45) is 11.1 Å². The molecule has 1 rings (SSSR count). The minimum atomic E-state index is -3.88. The van der Waals surface area contributed by atoms with E-state index >= 15 is 0 Å². The highest BCUT2D eigenvalue weighted by Crippen LogP contribution is 2.27. The molecule has 3 N–H and O–H groups in total. The third-order valence-corrected chi connectivity index (χ3v) is 5.04. The van der Waals surface area contributed by atoms with Gasteiger partial charge in [0.1, 0.15) is 0 Å². The Kier molecular flexibility index (Phi) is 5.39. The van der Waals surface area contributed by atoms with Crippen LogP contribution in [0.3, 0.4) is 0 Å². The Hall–Kier alpha value is -1.05. The van der Waals surface area contributed by atoms with Crippen LogP contribution < -0.4 is 5.14 Å². The van der Waals surface area contributed by atoms with Crippen molar-refractivity contribution in [3.63, 3.8) is 0 Å². The summed E-state index contributed by atoms with van der Waals surface area (Å²) in [5.41, 5.74) is -0.0279. The minimum Gasteiger partial charge on any atom is -0.478 e. The van der Waals surface area contributed by atoms with Gasteiger partial charge in [0, 0.05) is 10.6 Å². The zero-order valence-corrected chi connectivity index (χ0v) is 12.4. The summed E-state index contributed by atoms with van der Waals surface area (Å²) in [5.74, 6) is 0.0904. The van der Waals surface area contributed by atoms with E-state index in [0.29, 0.717) is 10.8 Å². The van der Waals surface area contributed by atoms with E-state index in [-0.39, 0.29) is 10.5 Å². The number of nitrogens with two attached hydrogens (primary N) is 1. The Bertz CT molecular complexity index is 569. The molecule has 0 radical (unpaired) electrons. The van der Waals surface area contributed by atoms with Crippen LogP contribution in [0.1, 0.15) is 30.6 Å². The molecular formula is C12H17NO4S2. The highest BCUT2D eigenvalue weighted by atomic mass is 32.2. The van der Waals surface area contributed by atoms with Gasteiger partial charge in [-0.15, -0.1) is 11.8 Å². The van der Waals surface area contributed by atoms with Crippen LogP contribution >= 0.6 is 11.8 Å². The molecule has 5 nitrogen and oxygen atoms in total. The molecule has 1 unspecified atom stereocenters. The number of hydrogen-bond acceptors (Lipinski definition) is 4. The lowest BCUT2D eigenvalue weighted by Crippen LogP contribution is -2.13. The minimum absolute atomic E-state index is 0.0279. The Labute approximate surface area is 117 Å². The van der Waals surface area contributed by atoms with Gasteiger partial charge >= 0.3 is 5.97 Å². The van der Waals surface area contributed by atoms with E-state index < -0.39 is 16.0 Å². The van der Waals surface area contributed by atoms with Gasteiger partial charge in [-0.05, 0) is 24.1 Å². The van der Waals surface area contributed by atoms with E-state index in [0.717, 1.165) is 18.2 Å². The first-order valence-electron chi connectivity index (χ1n) is 5.78. The molecule has 0 heterocycles. The Balaban J connectivity index is 3.09. The van der Waals surface area contributed by atoms with E-state index in [2.05, 4.69) is 13.8 Å². The first kappa shape index (κ1) is 16.0. The maximum absolute atomic E-state index is 11.2. The molecule has 0 spiro atoms. The smallest absolute Gasteiger partial charge is 0.336 e. The van der Waals surface area contributed by atoms with Gasteiger partial charge in [0.25, 0.3) is 0 Å². The van der Waals surface area contributed by atoms with Crippen LogP contribution in [0.15, 0.2) is 28.0 Å². The lowest BCUT2D eigenvalue weighted by Gasteiger charge is -2.10. The van der Waals surface area contributed by atoms with Gasteiger partial charge in [-0.3, -0.25) is 0 Å². The molecule has 1 aromatic rings. The molecule has 106 valence electrons. The summed E-state index contributed by atoms with van der Waals surface area (Å²) in [5, 5.41) is 14.1. The largest absolute Gasteiger partial charge is 0.478 e. The number of thioether (sulfide) groups is 1. The summed E-state index contributed by atoms with van der Waals surface area (Å²) in [6.45, 7) is 4.14. The second-order valence-electron chi connectivity index (χ2n) is 4.33. The van der Waals surface area contributed by atoms with Crippen LogP contribution in [-0.2, 0) is 10.0 Å². The molecule has 0 aromatic heterocycles. The van der Waals surface area contributed by atoms with Crippen LogP contribution in [0.2, 0.25) is 0 Å². The first-order chi connectivity index (χ1) is 8.75. The molecule has 0 saturated heterocycles. The fraction of sp³-hybridized carbons (Fsp3) is 0.417. The lowest BCUT2D eigenvalue weighted by molar-refractivity contribution is 0.0693. The quantitative estimate of drug-likeness (QED) is 0.785. The van der Waals surface area contributed by atoms with Crippen molar-refractivity contribution in [2.75, 3.05) is 5.75 Å². The second kappa shape index (κ2) is 6.40. The standard InChI is InChI=1S/C12H17NO4S2/c1-3-8(2)7-18-11-5-4-9(19(13,16)17)6-10(11)12(14)15/h4-6,8H,3,7H2,1-2H3,(H,14,15)(H2,13,16,17). The first-order valence-corrected chi connectivity index (χ1v) is 8.31. The zero-order chi connectivity index (χ0) is 14.6. The van der Waals surface area contributed by atoms with Crippen LogP contribution in [0.4, 0.5) is 0 Å². The normalized spacial score (nSPS) is 13.2. The number of carbonyl (C=O) groups is 1. The second-order valence-corrected chi connectivity index (χ2v) is 6.96. The summed E-state index contributed by atoms with van der Waals surface area (Å²) < 4.78 is 22.4. The van der Waals surface area contributed by atoms with E-state index in [4.69, 9.17) is 10.2 Å². The maximum Gasteiger partial charge on any atom is 0.336 e. The number of carboxylic acid groups (broad SMARTS) is 1. The van der Waals surface area contributed by atoms with Gasteiger partial charge in [0.15, 0.2) is 0 Å². The summed E-state index contributed by atoms with van der Waals surface area (Å²) in [6, 6.07) is 3.94. The van der Waals surface area contributed by atoms with Gasteiger partial charge in [-0.2, -0.15) is 0 Å². The highest BCUT2D eigenvalue weighted by Gasteiger charge is 2.16. The molecule has 0 amide bonds. The van der Waals surface area contributed by atoms with Crippen molar-refractivity contribution in [2.45, 2.75) is 30.1 Å². The van der Waals surface area contributed by atoms with Crippen molar-refractivity contribution in [3.8, 4) is 0 Å². The molecule has 0 fully saturated rings. The number of benzene rings is 1. The molecule has 0 aliphatic carbocycles. The summed E-state index contributed by atoms with van der Waals surface area (Å²) >= 11 is 1.41. The Morgan fingerprint density at radius 1 is 1.47 bits per heavy atom. The van der Waals surface area contributed by atoms with E-state index in [1.54, 1.807) is 0 Å². The molecule has 1 atom stereocenters. The molecule has 0 bridgehead atoms. The SMILES string of the molecule is CCC(C)CSc1ccc(S(N)(=O)=O)cc1C(=O)O.